The molecule has 1 aromatic rings. The van der Waals surface area contributed by atoms with Gasteiger partial charge in [-0.3, -0.25) is 0 Å². The molecule has 0 aliphatic heterocycles. The van der Waals surface area contributed by atoms with Gasteiger partial charge in [-0.25, -0.2) is 0 Å². The van der Waals surface area contributed by atoms with Crippen molar-refractivity contribution >= 4 is 0 Å². The molecule has 16 heavy (non-hydrogen) atoms. The van der Waals surface area contributed by atoms with Gasteiger partial charge in [-0.05, 0) is 24.0 Å². The van der Waals surface area contributed by atoms with Gasteiger partial charge in [-0.2, -0.15) is 5.48 Å². The first-order chi connectivity index (χ1) is 7.65. The van der Waals surface area contributed by atoms with Gasteiger partial charge in [0.1, 0.15) is 0 Å². The lowest BCUT2D eigenvalue weighted by molar-refractivity contribution is 0.0209. The standard InChI is InChI=1S/C13H21NO2/c1-4-16-14-9-13(15)12-7-5-11(6-8-12)10(2)3/h5-8,10,13-15H,4,9H2,1-3H3. The van der Waals surface area contributed by atoms with Gasteiger partial charge >= 0.3 is 0 Å². The molecule has 0 saturated heterocycles. The molecule has 0 heterocycles. The Bertz CT molecular complexity index is 295. The maximum absolute atomic E-state index is 9.83. The largest absolute Gasteiger partial charge is 0.387 e. The van der Waals surface area contributed by atoms with Gasteiger partial charge in [0.05, 0.1) is 19.3 Å². The monoisotopic (exact) mass is 223 g/mol. The zero-order valence-corrected chi connectivity index (χ0v) is 10.2. The Morgan fingerprint density at radius 1 is 1.19 bits per heavy atom. The number of hydroxylamine groups is 1. The number of hydrogen-bond donors (Lipinski definition) is 2. The second-order valence-electron chi connectivity index (χ2n) is 4.12. The van der Waals surface area contributed by atoms with E-state index in [0.717, 1.165) is 5.56 Å². The Kier molecular flexibility index (Phi) is 5.46. The van der Waals surface area contributed by atoms with Crippen LogP contribution in [0.3, 0.4) is 0 Å². The van der Waals surface area contributed by atoms with Crippen LogP contribution in [0.1, 0.15) is 43.9 Å². The van der Waals surface area contributed by atoms with Crippen molar-refractivity contribution in [1.82, 2.24) is 5.48 Å². The zero-order valence-electron chi connectivity index (χ0n) is 10.2. The van der Waals surface area contributed by atoms with Crippen LogP contribution in [-0.4, -0.2) is 18.3 Å². The number of hydrogen-bond acceptors (Lipinski definition) is 3. The summed E-state index contributed by atoms with van der Waals surface area (Å²) in [5.74, 6) is 0.521. The minimum Gasteiger partial charge on any atom is -0.387 e. The molecule has 3 nitrogen and oxygen atoms in total. The van der Waals surface area contributed by atoms with Crippen molar-refractivity contribution in [2.45, 2.75) is 32.8 Å². The molecule has 0 amide bonds. The van der Waals surface area contributed by atoms with Gasteiger partial charge in [0.2, 0.25) is 0 Å². The van der Waals surface area contributed by atoms with Crippen LogP contribution in [0, 0.1) is 0 Å². The lowest BCUT2D eigenvalue weighted by Gasteiger charge is -2.13. The SMILES string of the molecule is CCONCC(O)c1ccc(C(C)C)cc1. The third-order valence-corrected chi connectivity index (χ3v) is 2.51. The van der Waals surface area contributed by atoms with Crippen LogP contribution in [0.2, 0.25) is 0 Å². The fraction of sp³-hybridized carbons (Fsp3) is 0.538. The minimum atomic E-state index is -0.521. The summed E-state index contributed by atoms with van der Waals surface area (Å²) >= 11 is 0. The molecule has 1 rings (SSSR count). The van der Waals surface area contributed by atoms with Crippen molar-refractivity contribution in [3.63, 3.8) is 0 Å². The second-order valence-corrected chi connectivity index (χ2v) is 4.12. The van der Waals surface area contributed by atoms with Crippen LogP contribution in [0.15, 0.2) is 24.3 Å². The molecule has 1 atom stereocenters. The molecule has 2 N–H and O–H groups in total. The summed E-state index contributed by atoms with van der Waals surface area (Å²) in [7, 11) is 0. The first-order valence-electron chi connectivity index (χ1n) is 5.77. The van der Waals surface area contributed by atoms with E-state index < -0.39 is 6.10 Å². The van der Waals surface area contributed by atoms with E-state index in [0.29, 0.717) is 19.1 Å². The van der Waals surface area contributed by atoms with E-state index in [1.165, 1.54) is 5.56 Å². The number of aliphatic hydroxyl groups excluding tert-OH is 1. The number of rotatable bonds is 6. The molecule has 0 bridgehead atoms. The molecule has 0 aliphatic carbocycles. The quantitative estimate of drug-likeness (QED) is 0.574. The fourth-order valence-corrected chi connectivity index (χ4v) is 1.46. The van der Waals surface area contributed by atoms with Gasteiger partial charge in [0.15, 0.2) is 0 Å². The van der Waals surface area contributed by atoms with Gasteiger partial charge in [0.25, 0.3) is 0 Å². The third-order valence-electron chi connectivity index (χ3n) is 2.51. The maximum Gasteiger partial charge on any atom is 0.0937 e. The lowest BCUT2D eigenvalue weighted by Crippen LogP contribution is -2.21. The van der Waals surface area contributed by atoms with E-state index in [1.54, 1.807) is 0 Å². The van der Waals surface area contributed by atoms with E-state index in [-0.39, 0.29) is 0 Å². The van der Waals surface area contributed by atoms with Crippen LogP contribution < -0.4 is 5.48 Å². The van der Waals surface area contributed by atoms with E-state index in [1.807, 2.05) is 19.1 Å². The van der Waals surface area contributed by atoms with Gasteiger partial charge in [0, 0.05) is 0 Å². The average Bonchev–Trinajstić information content (AvgIpc) is 2.29. The first kappa shape index (κ1) is 13.2. The Morgan fingerprint density at radius 2 is 1.75 bits per heavy atom. The Hall–Kier alpha value is -0.900. The summed E-state index contributed by atoms with van der Waals surface area (Å²) in [5, 5.41) is 9.83. The summed E-state index contributed by atoms with van der Waals surface area (Å²) in [4.78, 5) is 4.98. The number of aliphatic hydroxyl groups is 1. The highest BCUT2D eigenvalue weighted by atomic mass is 16.6. The smallest absolute Gasteiger partial charge is 0.0937 e. The van der Waals surface area contributed by atoms with Crippen molar-refractivity contribution in [1.29, 1.82) is 0 Å². The van der Waals surface area contributed by atoms with Gasteiger partial charge in [-0.1, -0.05) is 38.1 Å². The van der Waals surface area contributed by atoms with E-state index in [4.69, 9.17) is 4.84 Å². The summed E-state index contributed by atoms with van der Waals surface area (Å²) < 4.78 is 0. The average molecular weight is 223 g/mol. The molecule has 0 spiro atoms. The second kappa shape index (κ2) is 6.63. The summed E-state index contributed by atoms with van der Waals surface area (Å²) in [6.45, 7) is 7.22. The molecule has 0 fully saturated rings. The van der Waals surface area contributed by atoms with E-state index >= 15 is 0 Å². The van der Waals surface area contributed by atoms with Gasteiger partial charge in [-0.15, -0.1) is 0 Å². The zero-order chi connectivity index (χ0) is 12.0. The van der Waals surface area contributed by atoms with Crippen LogP contribution in [0.5, 0.6) is 0 Å². The molecule has 1 unspecified atom stereocenters. The van der Waals surface area contributed by atoms with Crippen molar-refractivity contribution in [2.75, 3.05) is 13.2 Å². The topological polar surface area (TPSA) is 41.5 Å². The fourth-order valence-electron chi connectivity index (χ4n) is 1.46. The predicted octanol–water partition coefficient (Wildman–Crippen LogP) is 2.38. The van der Waals surface area contributed by atoms with Crippen LogP contribution in [-0.2, 0) is 4.84 Å². The third kappa shape index (κ3) is 3.93. The highest BCUT2D eigenvalue weighted by molar-refractivity contribution is 5.26. The summed E-state index contributed by atoms with van der Waals surface area (Å²) in [6.07, 6.45) is -0.521. The molecular weight excluding hydrogens is 202 g/mol. The molecule has 1 aromatic carbocycles. The summed E-state index contributed by atoms with van der Waals surface area (Å²) in [5.41, 5.74) is 4.92. The maximum atomic E-state index is 9.83. The molecule has 90 valence electrons. The van der Waals surface area contributed by atoms with Gasteiger partial charge < -0.3 is 9.94 Å². The Balaban J connectivity index is 2.52. The van der Waals surface area contributed by atoms with Crippen molar-refractivity contribution in [2.24, 2.45) is 0 Å². The molecule has 0 radical (unpaired) electrons. The molecular formula is C13H21NO2. The lowest BCUT2D eigenvalue weighted by atomic mass is 10.00. The molecule has 0 aromatic heterocycles. The predicted molar refractivity (Wildman–Crippen MR) is 65.1 cm³/mol. The van der Waals surface area contributed by atoms with E-state index in [9.17, 15) is 5.11 Å². The van der Waals surface area contributed by atoms with Crippen molar-refractivity contribution < 1.29 is 9.94 Å². The summed E-state index contributed by atoms with van der Waals surface area (Å²) in [6, 6.07) is 8.05. The normalized spacial score (nSPS) is 13.1. The number of nitrogens with one attached hydrogen (secondary N) is 1. The highest BCUT2D eigenvalue weighted by Gasteiger charge is 2.07. The Labute approximate surface area is 97.4 Å². The van der Waals surface area contributed by atoms with Crippen molar-refractivity contribution in [3.05, 3.63) is 35.4 Å². The first-order valence-corrected chi connectivity index (χ1v) is 5.77. The number of benzene rings is 1. The molecule has 0 aliphatic rings. The highest BCUT2D eigenvalue weighted by Crippen LogP contribution is 2.18. The molecule has 0 saturated carbocycles. The van der Waals surface area contributed by atoms with Crippen molar-refractivity contribution in [3.8, 4) is 0 Å². The molecule has 3 heteroatoms. The van der Waals surface area contributed by atoms with Crippen LogP contribution in [0.25, 0.3) is 0 Å². The van der Waals surface area contributed by atoms with E-state index in [2.05, 4.69) is 31.5 Å². The van der Waals surface area contributed by atoms with Crippen LogP contribution in [0.4, 0.5) is 0 Å². The van der Waals surface area contributed by atoms with Crippen LogP contribution >= 0.6 is 0 Å². The minimum absolute atomic E-state index is 0.412. The Morgan fingerprint density at radius 3 is 2.25 bits per heavy atom.